The van der Waals surface area contributed by atoms with Crippen molar-refractivity contribution in [2.45, 2.75) is 58.6 Å². The summed E-state index contributed by atoms with van der Waals surface area (Å²) in [6.45, 7) is 5.70. The second-order valence-electron chi connectivity index (χ2n) is 5.67. The first-order valence-electron chi connectivity index (χ1n) is 7.64. The van der Waals surface area contributed by atoms with Gasteiger partial charge in [0.25, 0.3) is 5.91 Å². The first-order valence-corrected chi connectivity index (χ1v) is 7.64. The Morgan fingerprint density at radius 3 is 2.81 bits per heavy atom. The molecule has 0 saturated carbocycles. The topological polar surface area (TPSA) is 55.4 Å². The van der Waals surface area contributed by atoms with E-state index in [9.17, 15) is 9.59 Å². The summed E-state index contributed by atoms with van der Waals surface area (Å²) in [5.74, 6) is 0.614. The third-order valence-electron chi connectivity index (χ3n) is 3.91. The van der Waals surface area contributed by atoms with Gasteiger partial charge in [-0.05, 0) is 50.8 Å². The zero-order chi connectivity index (χ0) is 15.4. The van der Waals surface area contributed by atoms with E-state index in [-0.39, 0.29) is 17.7 Å². The summed E-state index contributed by atoms with van der Waals surface area (Å²) >= 11 is 0. The summed E-state index contributed by atoms with van der Waals surface area (Å²) < 4.78 is 5.67. The number of ether oxygens (including phenoxy) is 1. The van der Waals surface area contributed by atoms with E-state index in [2.05, 4.69) is 5.32 Å². The van der Waals surface area contributed by atoms with Crippen LogP contribution in [-0.4, -0.2) is 23.8 Å². The first kappa shape index (κ1) is 15.5. The SMILES string of the molecule is CCC(C)NC(=O)C(C)Oc1ccc2c(c1)C(=O)CCC2. The normalized spacial score (nSPS) is 16.8. The van der Waals surface area contributed by atoms with Crippen LogP contribution in [0.4, 0.5) is 0 Å². The number of benzene rings is 1. The molecule has 0 fully saturated rings. The molecule has 1 aliphatic rings. The van der Waals surface area contributed by atoms with Crippen LogP contribution in [0.15, 0.2) is 18.2 Å². The molecule has 0 radical (unpaired) electrons. The van der Waals surface area contributed by atoms with Crippen molar-refractivity contribution in [2.24, 2.45) is 0 Å². The molecule has 114 valence electrons. The van der Waals surface area contributed by atoms with E-state index in [1.165, 1.54) is 0 Å². The summed E-state index contributed by atoms with van der Waals surface area (Å²) in [5, 5.41) is 2.89. The Morgan fingerprint density at radius 1 is 1.33 bits per heavy atom. The highest BCUT2D eigenvalue weighted by molar-refractivity contribution is 5.98. The maximum atomic E-state index is 12.0. The standard InChI is InChI=1S/C17H23NO3/c1-4-11(2)18-17(20)12(3)21-14-9-8-13-6-5-7-16(19)15(13)10-14/h8-12H,4-7H2,1-3H3,(H,18,20). The Balaban J connectivity index is 2.04. The number of ketones is 1. The fraction of sp³-hybridized carbons (Fsp3) is 0.529. The number of amides is 1. The monoisotopic (exact) mass is 289 g/mol. The molecular formula is C17H23NO3. The van der Waals surface area contributed by atoms with Gasteiger partial charge in [-0.2, -0.15) is 0 Å². The highest BCUT2D eigenvalue weighted by Crippen LogP contribution is 2.25. The summed E-state index contributed by atoms with van der Waals surface area (Å²) in [5.41, 5.74) is 1.82. The van der Waals surface area contributed by atoms with Crippen molar-refractivity contribution in [3.05, 3.63) is 29.3 Å². The Morgan fingerprint density at radius 2 is 2.10 bits per heavy atom. The highest BCUT2D eigenvalue weighted by Gasteiger charge is 2.20. The Bertz CT molecular complexity index is 539. The van der Waals surface area contributed by atoms with Crippen LogP contribution in [0.25, 0.3) is 0 Å². The lowest BCUT2D eigenvalue weighted by Crippen LogP contribution is -2.41. The zero-order valence-electron chi connectivity index (χ0n) is 12.9. The number of rotatable bonds is 5. The van der Waals surface area contributed by atoms with E-state index in [4.69, 9.17) is 4.74 Å². The first-order chi connectivity index (χ1) is 10.0. The van der Waals surface area contributed by atoms with Crippen LogP contribution < -0.4 is 10.1 Å². The lowest BCUT2D eigenvalue weighted by atomic mass is 9.90. The third kappa shape index (κ3) is 3.84. The predicted molar refractivity (Wildman–Crippen MR) is 81.7 cm³/mol. The average Bonchev–Trinajstić information content (AvgIpc) is 2.47. The number of nitrogens with one attached hydrogen (secondary N) is 1. The molecule has 0 heterocycles. The van der Waals surface area contributed by atoms with Crippen molar-refractivity contribution in [1.29, 1.82) is 0 Å². The Hall–Kier alpha value is -1.84. The molecule has 1 aliphatic carbocycles. The molecule has 1 amide bonds. The average molecular weight is 289 g/mol. The van der Waals surface area contributed by atoms with Crippen LogP contribution in [0, 0.1) is 0 Å². The van der Waals surface area contributed by atoms with E-state index < -0.39 is 6.10 Å². The Labute approximate surface area is 125 Å². The molecule has 4 nitrogen and oxygen atoms in total. The number of carbonyl (C=O) groups excluding carboxylic acids is 2. The largest absolute Gasteiger partial charge is 0.481 e. The quantitative estimate of drug-likeness (QED) is 0.906. The Kier molecular flexibility index (Phi) is 4.99. The van der Waals surface area contributed by atoms with Crippen LogP contribution in [0.5, 0.6) is 5.75 Å². The maximum Gasteiger partial charge on any atom is 0.260 e. The molecule has 0 spiro atoms. The van der Waals surface area contributed by atoms with Crippen LogP contribution in [0.2, 0.25) is 0 Å². The number of aryl methyl sites for hydroxylation is 1. The number of hydrogen-bond donors (Lipinski definition) is 1. The molecule has 1 aromatic rings. The van der Waals surface area contributed by atoms with Crippen LogP contribution in [0.1, 0.15) is 56.0 Å². The molecular weight excluding hydrogens is 266 g/mol. The number of carbonyl (C=O) groups is 2. The molecule has 0 bridgehead atoms. The van der Waals surface area contributed by atoms with Gasteiger partial charge in [-0.15, -0.1) is 0 Å². The van der Waals surface area contributed by atoms with Crippen molar-refractivity contribution in [3.63, 3.8) is 0 Å². The minimum atomic E-state index is -0.573. The van der Waals surface area contributed by atoms with Gasteiger partial charge >= 0.3 is 0 Å². The molecule has 2 rings (SSSR count). The molecule has 21 heavy (non-hydrogen) atoms. The van der Waals surface area contributed by atoms with Gasteiger partial charge in [0.05, 0.1) is 0 Å². The summed E-state index contributed by atoms with van der Waals surface area (Å²) in [7, 11) is 0. The van der Waals surface area contributed by atoms with Gasteiger partial charge in [-0.1, -0.05) is 13.0 Å². The van der Waals surface area contributed by atoms with Crippen molar-refractivity contribution >= 4 is 11.7 Å². The van der Waals surface area contributed by atoms with Gasteiger partial charge in [-0.3, -0.25) is 9.59 Å². The summed E-state index contributed by atoms with van der Waals surface area (Å²) in [4.78, 5) is 23.9. The lowest BCUT2D eigenvalue weighted by molar-refractivity contribution is -0.127. The maximum absolute atomic E-state index is 12.0. The van der Waals surface area contributed by atoms with Crippen molar-refractivity contribution < 1.29 is 14.3 Å². The van der Waals surface area contributed by atoms with Crippen molar-refractivity contribution in [2.75, 3.05) is 0 Å². The number of fused-ring (bicyclic) bond motifs is 1. The fourth-order valence-electron chi connectivity index (χ4n) is 2.40. The minimum absolute atomic E-state index is 0.131. The second kappa shape index (κ2) is 6.74. The van der Waals surface area contributed by atoms with Crippen LogP contribution in [-0.2, 0) is 11.2 Å². The van der Waals surface area contributed by atoms with Gasteiger partial charge in [0, 0.05) is 18.0 Å². The summed E-state index contributed by atoms with van der Waals surface area (Å²) in [6.07, 6.45) is 2.76. The molecule has 1 N–H and O–H groups in total. The van der Waals surface area contributed by atoms with E-state index in [1.807, 2.05) is 26.0 Å². The molecule has 2 atom stereocenters. The molecule has 4 heteroatoms. The second-order valence-corrected chi connectivity index (χ2v) is 5.67. The molecule has 2 unspecified atom stereocenters. The molecule has 1 aromatic carbocycles. The van der Waals surface area contributed by atoms with Gasteiger partial charge < -0.3 is 10.1 Å². The minimum Gasteiger partial charge on any atom is -0.481 e. The van der Waals surface area contributed by atoms with E-state index in [1.54, 1.807) is 13.0 Å². The van der Waals surface area contributed by atoms with E-state index in [0.717, 1.165) is 30.4 Å². The van der Waals surface area contributed by atoms with Gasteiger partial charge in [0.2, 0.25) is 0 Å². The van der Waals surface area contributed by atoms with Crippen molar-refractivity contribution in [3.8, 4) is 5.75 Å². The molecule has 0 aromatic heterocycles. The summed E-state index contributed by atoms with van der Waals surface area (Å²) in [6, 6.07) is 5.67. The molecule has 0 aliphatic heterocycles. The lowest BCUT2D eigenvalue weighted by Gasteiger charge is -2.20. The number of Topliss-reactive ketones (excluding diaryl/α,β-unsaturated/α-hetero) is 1. The van der Waals surface area contributed by atoms with Crippen LogP contribution in [0.3, 0.4) is 0 Å². The van der Waals surface area contributed by atoms with Crippen molar-refractivity contribution in [1.82, 2.24) is 5.32 Å². The van der Waals surface area contributed by atoms with Crippen LogP contribution >= 0.6 is 0 Å². The highest BCUT2D eigenvalue weighted by atomic mass is 16.5. The third-order valence-corrected chi connectivity index (χ3v) is 3.91. The van der Waals surface area contributed by atoms with Gasteiger partial charge in [0.15, 0.2) is 11.9 Å². The van der Waals surface area contributed by atoms with E-state index >= 15 is 0 Å². The number of hydrogen-bond acceptors (Lipinski definition) is 3. The fourth-order valence-corrected chi connectivity index (χ4v) is 2.40. The zero-order valence-corrected chi connectivity index (χ0v) is 12.9. The smallest absolute Gasteiger partial charge is 0.260 e. The molecule has 0 saturated heterocycles. The predicted octanol–water partition coefficient (Wildman–Crippen LogP) is 2.89. The van der Waals surface area contributed by atoms with Gasteiger partial charge in [0.1, 0.15) is 5.75 Å². The van der Waals surface area contributed by atoms with Gasteiger partial charge in [-0.25, -0.2) is 0 Å². The van der Waals surface area contributed by atoms with E-state index in [0.29, 0.717) is 12.2 Å².